The highest BCUT2D eigenvalue weighted by Crippen LogP contribution is 2.37. The third-order valence-electron chi connectivity index (χ3n) is 4.47. The minimum atomic E-state index is -2.94. The molecule has 3 unspecified atom stereocenters. The van der Waals surface area contributed by atoms with Crippen molar-refractivity contribution in [2.24, 2.45) is 5.92 Å². The Morgan fingerprint density at radius 1 is 1.43 bits per heavy atom. The molecule has 0 aromatic carbocycles. The van der Waals surface area contributed by atoms with Crippen LogP contribution in [-0.2, 0) is 9.84 Å². The number of furan rings is 1. The van der Waals surface area contributed by atoms with E-state index >= 15 is 0 Å². The second-order valence-corrected chi connectivity index (χ2v) is 8.63. The summed E-state index contributed by atoms with van der Waals surface area (Å²) in [4.78, 5) is 0. The highest BCUT2D eigenvalue weighted by Gasteiger charge is 2.33. The van der Waals surface area contributed by atoms with Crippen molar-refractivity contribution in [1.82, 2.24) is 5.32 Å². The van der Waals surface area contributed by atoms with E-state index in [1.165, 1.54) is 6.26 Å². The van der Waals surface area contributed by atoms with Crippen molar-refractivity contribution in [3.8, 4) is 0 Å². The molecule has 0 aliphatic heterocycles. The largest absolute Gasteiger partial charge is 0.469 e. The maximum Gasteiger partial charge on any atom is 0.150 e. The molecule has 0 saturated heterocycles. The summed E-state index contributed by atoms with van der Waals surface area (Å²) in [5.74, 6) is 1.27. The van der Waals surface area contributed by atoms with Crippen LogP contribution >= 0.6 is 0 Å². The van der Waals surface area contributed by atoms with Gasteiger partial charge in [-0.25, -0.2) is 8.42 Å². The minimum Gasteiger partial charge on any atom is -0.469 e. The lowest BCUT2D eigenvalue weighted by Gasteiger charge is -2.34. The van der Waals surface area contributed by atoms with Crippen molar-refractivity contribution in [2.75, 3.05) is 12.8 Å². The van der Waals surface area contributed by atoms with Crippen molar-refractivity contribution < 1.29 is 12.8 Å². The highest BCUT2D eigenvalue weighted by molar-refractivity contribution is 7.91. The van der Waals surface area contributed by atoms with Gasteiger partial charge in [0.15, 0.2) is 0 Å². The van der Waals surface area contributed by atoms with Gasteiger partial charge in [-0.2, -0.15) is 0 Å². The summed E-state index contributed by atoms with van der Waals surface area (Å²) in [5.41, 5.74) is 1.15. The van der Waals surface area contributed by atoms with Gasteiger partial charge in [0.1, 0.15) is 15.6 Å². The number of nitrogens with one attached hydrogen (secondary N) is 1. The smallest absolute Gasteiger partial charge is 0.150 e. The molecule has 4 nitrogen and oxygen atoms in total. The zero-order valence-corrected chi connectivity index (χ0v) is 14.1. The van der Waals surface area contributed by atoms with Gasteiger partial charge >= 0.3 is 0 Å². The van der Waals surface area contributed by atoms with Crippen LogP contribution in [0.15, 0.2) is 16.7 Å². The first kappa shape index (κ1) is 16.6. The Morgan fingerprint density at radius 3 is 2.76 bits per heavy atom. The zero-order valence-electron chi connectivity index (χ0n) is 13.3. The molecule has 0 bridgehead atoms. The van der Waals surface area contributed by atoms with Crippen LogP contribution in [0, 0.1) is 12.8 Å². The van der Waals surface area contributed by atoms with E-state index < -0.39 is 9.84 Å². The third kappa shape index (κ3) is 4.33. The van der Waals surface area contributed by atoms with E-state index in [2.05, 4.69) is 18.3 Å². The molecule has 1 N–H and O–H groups in total. The van der Waals surface area contributed by atoms with E-state index in [1.807, 2.05) is 13.2 Å². The van der Waals surface area contributed by atoms with Gasteiger partial charge in [-0.3, -0.25) is 0 Å². The minimum absolute atomic E-state index is 0.185. The molecular weight excluding hydrogens is 286 g/mol. The standard InChI is InChI=1S/C16H27NO3S/c1-4-8-17-16(14-9-12(2)20-11-14)13-6-5-7-15(10-13)21(3,18)19/h9,11,13,15-17H,4-8,10H2,1-3H3. The predicted molar refractivity (Wildman–Crippen MR) is 85.1 cm³/mol. The van der Waals surface area contributed by atoms with Crippen LogP contribution in [0.4, 0.5) is 0 Å². The molecule has 1 fully saturated rings. The Hall–Kier alpha value is -0.810. The summed E-state index contributed by atoms with van der Waals surface area (Å²) in [6.07, 6.45) is 7.88. The summed E-state index contributed by atoms with van der Waals surface area (Å²) in [6, 6.07) is 2.27. The summed E-state index contributed by atoms with van der Waals surface area (Å²) < 4.78 is 29.2. The lowest BCUT2D eigenvalue weighted by molar-refractivity contribution is 0.272. The summed E-state index contributed by atoms with van der Waals surface area (Å²) in [6.45, 7) is 5.03. The number of aryl methyl sites for hydroxylation is 1. The van der Waals surface area contributed by atoms with E-state index in [0.717, 1.165) is 50.0 Å². The molecule has 5 heteroatoms. The van der Waals surface area contributed by atoms with Crippen LogP contribution in [0.1, 0.15) is 56.4 Å². The number of rotatable bonds is 6. The predicted octanol–water partition coefficient (Wildman–Crippen LogP) is 3.23. The Morgan fingerprint density at radius 2 is 2.19 bits per heavy atom. The molecule has 0 amide bonds. The van der Waals surface area contributed by atoms with Gasteiger partial charge in [0.05, 0.1) is 11.5 Å². The number of hydrogen-bond acceptors (Lipinski definition) is 4. The molecule has 1 aliphatic carbocycles. The van der Waals surface area contributed by atoms with Crippen molar-refractivity contribution >= 4 is 9.84 Å². The van der Waals surface area contributed by atoms with E-state index in [0.29, 0.717) is 5.92 Å². The first-order valence-electron chi connectivity index (χ1n) is 7.89. The normalized spacial score (nSPS) is 24.9. The van der Waals surface area contributed by atoms with Crippen LogP contribution in [0.25, 0.3) is 0 Å². The highest BCUT2D eigenvalue weighted by atomic mass is 32.2. The van der Waals surface area contributed by atoms with Gasteiger partial charge in [-0.1, -0.05) is 13.3 Å². The molecule has 21 heavy (non-hydrogen) atoms. The second-order valence-electron chi connectivity index (χ2n) is 6.30. The molecule has 1 aromatic heterocycles. The van der Waals surface area contributed by atoms with Gasteiger partial charge in [-0.15, -0.1) is 0 Å². The summed E-state index contributed by atoms with van der Waals surface area (Å²) in [7, 11) is -2.94. The fraction of sp³-hybridized carbons (Fsp3) is 0.750. The quantitative estimate of drug-likeness (QED) is 0.876. The Bertz CT molecular complexity index is 550. The molecule has 1 aliphatic rings. The van der Waals surface area contributed by atoms with Crippen molar-refractivity contribution in [3.05, 3.63) is 23.7 Å². The molecular formula is C16H27NO3S. The van der Waals surface area contributed by atoms with Crippen LogP contribution in [-0.4, -0.2) is 26.5 Å². The van der Waals surface area contributed by atoms with Gasteiger partial charge in [0.25, 0.3) is 0 Å². The summed E-state index contributed by atoms with van der Waals surface area (Å²) >= 11 is 0. The zero-order chi connectivity index (χ0) is 15.5. The number of hydrogen-bond donors (Lipinski definition) is 1. The Kier molecular flexibility index (Phi) is 5.49. The molecule has 0 spiro atoms. The number of sulfone groups is 1. The lowest BCUT2D eigenvalue weighted by atomic mass is 9.81. The van der Waals surface area contributed by atoms with E-state index in [1.54, 1.807) is 0 Å². The Labute approximate surface area is 128 Å². The average molecular weight is 313 g/mol. The van der Waals surface area contributed by atoms with Crippen molar-refractivity contribution in [2.45, 2.75) is 57.2 Å². The molecule has 1 saturated carbocycles. The molecule has 3 atom stereocenters. The average Bonchev–Trinajstić information content (AvgIpc) is 2.85. The summed E-state index contributed by atoms with van der Waals surface area (Å²) in [5, 5.41) is 3.40. The molecule has 120 valence electrons. The first-order valence-corrected chi connectivity index (χ1v) is 9.84. The van der Waals surface area contributed by atoms with Gasteiger partial charge in [0, 0.05) is 17.9 Å². The van der Waals surface area contributed by atoms with Crippen LogP contribution in [0.5, 0.6) is 0 Å². The molecule has 1 heterocycles. The van der Waals surface area contributed by atoms with Crippen LogP contribution in [0.3, 0.4) is 0 Å². The topological polar surface area (TPSA) is 59.3 Å². The lowest BCUT2D eigenvalue weighted by Crippen LogP contribution is -2.35. The van der Waals surface area contributed by atoms with Crippen LogP contribution in [0.2, 0.25) is 0 Å². The van der Waals surface area contributed by atoms with Gasteiger partial charge in [-0.05, 0) is 51.1 Å². The molecule has 2 rings (SSSR count). The molecule has 0 radical (unpaired) electrons. The Balaban J connectivity index is 2.16. The van der Waals surface area contributed by atoms with E-state index in [9.17, 15) is 8.42 Å². The molecule has 1 aromatic rings. The fourth-order valence-corrected chi connectivity index (χ4v) is 4.55. The fourth-order valence-electron chi connectivity index (χ4n) is 3.36. The third-order valence-corrected chi connectivity index (χ3v) is 6.11. The van der Waals surface area contributed by atoms with Crippen molar-refractivity contribution in [3.63, 3.8) is 0 Å². The van der Waals surface area contributed by atoms with Crippen LogP contribution < -0.4 is 5.32 Å². The van der Waals surface area contributed by atoms with Gasteiger partial charge < -0.3 is 9.73 Å². The monoisotopic (exact) mass is 313 g/mol. The maximum atomic E-state index is 11.9. The van der Waals surface area contributed by atoms with Gasteiger partial charge in [0.2, 0.25) is 0 Å². The maximum absolute atomic E-state index is 11.9. The van der Waals surface area contributed by atoms with E-state index in [4.69, 9.17) is 4.42 Å². The van der Waals surface area contributed by atoms with E-state index in [-0.39, 0.29) is 11.3 Å². The SMILES string of the molecule is CCCNC(c1coc(C)c1)C1CCCC(S(C)(=O)=O)C1. The first-order chi connectivity index (χ1) is 9.91. The second kappa shape index (κ2) is 6.97. The van der Waals surface area contributed by atoms with Crippen molar-refractivity contribution in [1.29, 1.82) is 0 Å².